The van der Waals surface area contributed by atoms with Gasteiger partial charge in [-0.3, -0.25) is 0 Å². The maximum absolute atomic E-state index is 9.55. The molecule has 1 N–H and O–H groups in total. The van der Waals surface area contributed by atoms with Crippen LogP contribution in [0.1, 0.15) is 5.56 Å². The quantitative estimate of drug-likeness (QED) is 0.760. The van der Waals surface area contributed by atoms with Gasteiger partial charge < -0.3 is 9.84 Å². The number of ether oxygens (including phenoxy) is 1. The summed E-state index contributed by atoms with van der Waals surface area (Å²) >= 11 is 0. The molecule has 0 spiro atoms. The van der Waals surface area contributed by atoms with Crippen LogP contribution in [0.15, 0.2) is 36.9 Å². The predicted molar refractivity (Wildman–Crippen MR) is 53.4 cm³/mol. The Balaban J connectivity index is 2.68. The zero-order valence-electron chi connectivity index (χ0n) is 7.73. The molecule has 0 aromatic heterocycles. The van der Waals surface area contributed by atoms with Gasteiger partial charge in [-0.2, -0.15) is 0 Å². The van der Waals surface area contributed by atoms with Crippen LogP contribution in [0.25, 0.3) is 5.57 Å². The summed E-state index contributed by atoms with van der Waals surface area (Å²) in [5, 5.41) is 9.55. The summed E-state index contributed by atoms with van der Waals surface area (Å²) in [5.74, 6) is 0. The zero-order valence-corrected chi connectivity index (χ0v) is 7.73. The maximum atomic E-state index is 9.55. The molecule has 70 valence electrons. The Labute approximate surface area is 78.5 Å². The van der Waals surface area contributed by atoms with Gasteiger partial charge in [0.15, 0.2) is 0 Å². The van der Waals surface area contributed by atoms with Crippen LogP contribution >= 0.6 is 0 Å². The van der Waals surface area contributed by atoms with Crippen LogP contribution < -0.4 is 0 Å². The van der Waals surface area contributed by atoms with Crippen molar-refractivity contribution >= 4 is 5.57 Å². The summed E-state index contributed by atoms with van der Waals surface area (Å²) in [4.78, 5) is 0. The first-order chi connectivity index (χ1) is 6.25. The monoisotopic (exact) mass is 178 g/mol. The van der Waals surface area contributed by atoms with Crippen molar-refractivity contribution in [2.24, 2.45) is 0 Å². The summed E-state index contributed by atoms with van der Waals surface area (Å²) < 4.78 is 4.84. The number of benzene rings is 1. The minimum Gasteiger partial charge on any atom is -0.386 e. The minimum absolute atomic E-state index is 0.285. The van der Waals surface area contributed by atoms with Gasteiger partial charge in [0.05, 0.1) is 6.61 Å². The fraction of sp³-hybridized carbons (Fsp3) is 0.273. The predicted octanol–water partition coefficient (Wildman–Crippen LogP) is 1.71. The van der Waals surface area contributed by atoms with Crippen LogP contribution in [0, 0.1) is 0 Å². The second-order valence-corrected chi connectivity index (χ2v) is 2.86. The Hall–Kier alpha value is -1.12. The highest BCUT2D eigenvalue weighted by molar-refractivity contribution is 5.66. The van der Waals surface area contributed by atoms with Crippen molar-refractivity contribution in [1.29, 1.82) is 0 Å². The van der Waals surface area contributed by atoms with E-state index in [1.807, 2.05) is 30.3 Å². The molecule has 0 amide bonds. The highest BCUT2D eigenvalue weighted by Gasteiger charge is 2.09. The van der Waals surface area contributed by atoms with Crippen LogP contribution in [-0.2, 0) is 4.74 Å². The van der Waals surface area contributed by atoms with Gasteiger partial charge in [-0.25, -0.2) is 0 Å². The number of rotatable bonds is 4. The molecule has 0 saturated heterocycles. The van der Waals surface area contributed by atoms with Crippen molar-refractivity contribution in [2.45, 2.75) is 6.10 Å². The minimum atomic E-state index is -0.618. The second-order valence-electron chi connectivity index (χ2n) is 2.86. The van der Waals surface area contributed by atoms with E-state index < -0.39 is 6.10 Å². The Kier molecular flexibility index (Phi) is 3.68. The van der Waals surface area contributed by atoms with Gasteiger partial charge in [0.1, 0.15) is 6.10 Å². The number of methoxy groups -OCH3 is 1. The van der Waals surface area contributed by atoms with Gasteiger partial charge in [0.25, 0.3) is 0 Å². The fourth-order valence-corrected chi connectivity index (χ4v) is 1.10. The van der Waals surface area contributed by atoms with Crippen molar-refractivity contribution < 1.29 is 9.84 Å². The number of aliphatic hydroxyl groups is 1. The van der Waals surface area contributed by atoms with Crippen molar-refractivity contribution in [3.8, 4) is 0 Å². The van der Waals surface area contributed by atoms with Gasteiger partial charge in [-0.1, -0.05) is 36.9 Å². The van der Waals surface area contributed by atoms with Gasteiger partial charge in [0.2, 0.25) is 0 Å². The third-order valence-electron chi connectivity index (χ3n) is 1.87. The second kappa shape index (κ2) is 4.80. The van der Waals surface area contributed by atoms with Crippen LogP contribution in [0.5, 0.6) is 0 Å². The molecule has 0 aliphatic rings. The zero-order chi connectivity index (χ0) is 9.68. The molecule has 1 aromatic rings. The highest BCUT2D eigenvalue weighted by atomic mass is 16.5. The molecular formula is C11H14O2. The molecule has 0 aliphatic carbocycles. The molecule has 0 radical (unpaired) electrons. The molecule has 0 saturated carbocycles. The van der Waals surface area contributed by atoms with E-state index in [1.165, 1.54) is 0 Å². The fourth-order valence-electron chi connectivity index (χ4n) is 1.10. The molecule has 0 bridgehead atoms. The van der Waals surface area contributed by atoms with E-state index in [-0.39, 0.29) is 6.61 Å². The van der Waals surface area contributed by atoms with E-state index in [2.05, 4.69) is 6.58 Å². The molecule has 1 atom stereocenters. The first-order valence-electron chi connectivity index (χ1n) is 4.17. The van der Waals surface area contributed by atoms with Crippen LogP contribution in [0.4, 0.5) is 0 Å². The topological polar surface area (TPSA) is 29.5 Å². The standard InChI is InChI=1S/C11H14O2/c1-9(11(12)8-13-2)10-6-4-3-5-7-10/h3-7,11-12H,1,8H2,2H3/t11-/m1/s1. The summed E-state index contributed by atoms with van der Waals surface area (Å²) in [6, 6.07) is 9.60. The summed E-state index contributed by atoms with van der Waals surface area (Å²) in [5.41, 5.74) is 1.65. The molecule has 2 heteroatoms. The van der Waals surface area contributed by atoms with E-state index in [0.717, 1.165) is 5.56 Å². The smallest absolute Gasteiger partial charge is 0.102 e. The first kappa shape index (κ1) is 9.96. The largest absolute Gasteiger partial charge is 0.386 e. The maximum Gasteiger partial charge on any atom is 0.102 e. The Bertz CT molecular complexity index is 267. The number of hydrogen-bond acceptors (Lipinski definition) is 2. The van der Waals surface area contributed by atoms with Crippen molar-refractivity contribution in [3.05, 3.63) is 42.5 Å². The van der Waals surface area contributed by atoms with Gasteiger partial charge in [-0.05, 0) is 11.1 Å². The van der Waals surface area contributed by atoms with E-state index in [1.54, 1.807) is 7.11 Å². The molecular weight excluding hydrogens is 164 g/mol. The first-order valence-corrected chi connectivity index (χ1v) is 4.17. The Morgan fingerprint density at radius 2 is 2.08 bits per heavy atom. The lowest BCUT2D eigenvalue weighted by Crippen LogP contribution is -2.15. The normalized spacial score (nSPS) is 12.5. The van der Waals surface area contributed by atoms with Crippen LogP contribution in [0.2, 0.25) is 0 Å². The van der Waals surface area contributed by atoms with Crippen LogP contribution in [-0.4, -0.2) is 24.9 Å². The summed E-state index contributed by atoms with van der Waals surface area (Å²) in [6.45, 7) is 4.10. The molecule has 0 aliphatic heterocycles. The summed E-state index contributed by atoms with van der Waals surface area (Å²) in [6.07, 6.45) is -0.618. The lowest BCUT2D eigenvalue weighted by Gasteiger charge is -2.12. The van der Waals surface area contributed by atoms with Gasteiger partial charge in [0, 0.05) is 7.11 Å². The lowest BCUT2D eigenvalue weighted by atomic mass is 10.0. The Morgan fingerprint density at radius 1 is 1.46 bits per heavy atom. The molecule has 1 aromatic carbocycles. The van der Waals surface area contributed by atoms with Crippen LogP contribution in [0.3, 0.4) is 0 Å². The van der Waals surface area contributed by atoms with E-state index in [9.17, 15) is 5.11 Å². The van der Waals surface area contributed by atoms with Crippen molar-refractivity contribution in [1.82, 2.24) is 0 Å². The van der Waals surface area contributed by atoms with E-state index in [0.29, 0.717) is 5.57 Å². The molecule has 2 nitrogen and oxygen atoms in total. The SMILES string of the molecule is C=C(c1ccccc1)[C@H](O)COC. The third-order valence-corrected chi connectivity index (χ3v) is 1.87. The molecule has 13 heavy (non-hydrogen) atoms. The third kappa shape index (κ3) is 2.68. The summed E-state index contributed by atoms with van der Waals surface area (Å²) in [7, 11) is 1.56. The van der Waals surface area contributed by atoms with Gasteiger partial charge >= 0.3 is 0 Å². The average Bonchev–Trinajstić information content (AvgIpc) is 2.18. The van der Waals surface area contributed by atoms with Gasteiger partial charge in [-0.15, -0.1) is 0 Å². The molecule has 1 rings (SSSR count). The Morgan fingerprint density at radius 3 is 2.62 bits per heavy atom. The van der Waals surface area contributed by atoms with E-state index in [4.69, 9.17) is 4.74 Å². The van der Waals surface area contributed by atoms with Crippen molar-refractivity contribution in [2.75, 3.05) is 13.7 Å². The molecule has 0 fully saturated rings. The van der Waals surface area contributed by atoms with E-state index >= 15 is 0 Å². The molecule has 0 unspecified atom stereocenters. The number of aliphatic hydroxyl groups excluding tert-OH is 1. The average molecular weight is 178 g/mol. The number of hydrogen-bond donors (Lipinski definition) is 1. The lowest BCUT2D eigenvalue weighted by molar-refractivity contribution is 0.0990. The van der Waals surface area contributed by atoms with Crippen molar-refractivity contribution in [3.63, 3.8) is 0 Å². The molecule has 0 heterocycles. The highest BCUT2D eigenvalue weighted by Crippen LogP contribution is 2.15.